The van der Waals surface area contributed by atoms with Gasteiger partial charge in [-0.2, -0.15) is 10.2 Å². The number of hydrogen-bond acceptors (Lipinski definition) is 4. The molecule has 130 valence electrons. The van der Waals surface area contributed by atoms with Gasteiger partial charge in [0.05, 0.1) is 6.04 Å². The molecule has 0 radical (unpaired) electrons. The van der Waals surface area contributed by atoms with Crippen molar-refractivity contribution in [3.8, 4) is 0 Å². The molecular formula is C19H24N6. The van der Waals surface area contributed by atoms with Crippen molar-refractivity contribution < 1.29 is 0 Å². The summed E-state index contributed by atoms with van der Waals surface area (Å²) in [5.74, 6) is 1.89. The fraction of sp³-hybridized carbons (Fsp3) is 0.474. The Labute approximate surface area is 147 Å². The quantitative estimate of drug-likeness (QED) is 0.717. The van der Waals surface area contributed by atoms with Gasteiger partial charge in [-0.05, 0) is 30.9 Å². The van der Waals surface area contributed by atoms with Crippen LogP contribution in [0.2, 0.25) is 0 Å². The Bertz CT molecular complexity index is 814. The van der Waals surface area contributed by atoms with E-state index in [-0.39, 0.29) is 0 Å². The average molecular weight is 336 g/mol. The zero-order valence-corrected chi connectivity index (χ0v) is 14.7. The van der Waals surface area contributed by atoms with Crippen LogP contribution in [0.4, 0.5) is 0 Å². The molecule has 6 heteroatoms. The topological polar surface area (TPSA) is 61.4 Å². The Kier molecular flexibility index (Phi) is 4.59. The van der Waals surface area contributed by atoms with E-state index in [9.17, 15) is 0 Å². The van der Waals surface area contributed by atoms with Gasteiger partial charge in [0.1, 0.15) is 25.0 Å². The average Bonchev–Trinajstić information content (AvgIpc) is 3.28. The van der Waals surface area contributed by atoms with Crippen molar-refractivity contribution in [2.24, 2.45) is 0 Å². The van der Waals surface area contributed by atoms with Gasteiger partial charge < -0.3 is 0 Å². The summed E-state index contributed by atoms with van der Waals surface area (Å²) < 4.78 is 3.97. The number of aromatic nitrogens is 6. The summed E-state index contributed by atoms with van der Waals surface area (Å²) in [6, 6.07) is 9.00. The summed E-state index contributed by atoms with van der Waals surface area (Å²) >= 11 is 0. The molecule has 1 aromatic carbocycles. The summed E-state index contributed by atoms with van der Waals surface area (Å²) in [5, 5.41) is 9.03. The second-order valence-electron chi connectivity index (χ2n) is 6.88. The van der Waals surface area contributed by atoms with Crippen molar-refractivity contribution in [3.63, 3.8) is 0 Å². The Hall–Kier alpha value is -2.50. The third-order valence-electron chi connectivity index (χ3n) is 5.05. The SMILES string of the molecule is Cc1ccccc1Cc1nc(Cn2cncn2)nn1C1CCCCC1. The molecule has 1 fully saturated rings. The van der Waals surface area contributed by atoms with Crippen LogP contribution in [-0.2, 0) is 13.0 Å². The molecule has 6 nitrogen and oxygen atoms in total. The first-order valence-electron chi connectivity index (χ1n) is 9.11. The third-order valence-corrected chi connectivity index (χ3v) is 5.05. The molecule has 3 aromatic rings. The molecule has 0 amide bonds. The standard InChI is InChI=1S/C19H24N6/c1-15-7-5-6-8-16(15)11-19-22-18(12-24-14-20-13-21-24)23-25(19)17-9-3-2-4-10-17/h5-8,13-14,17H,2-4,9-12H2,1H3. The van der Waals surface area contributed by atoms with E-state index in [0.29, 0.717) is 12.6 Å². The van der Waals surface area contributed by atoms with E-state index in [0.717, 1.165) is 18.1 Å². The molecule has 1 aliphatic rings. The highest BCUT2D eigenvalue weighted by Gasteiger charge is 2.21. The minimum absolute atomic E-state index is 0.477. The monoisotopic (exact) mass is 336 g/mol. The van der Waals surface area contributed by atoms with E-state index in [4.69, 9.17) is 10.1 Å². The number of hydrogen-bond donors (Lipinski definition) is 0. The molecular weight excluding hydrogens is 312 g/mol. The molecule has 2 heterocycles. The molecule has 0 N–H and O–H groups in total. The lowest BCUT2D eigenvalue weighted by atomic mass is 9.95. The van der Waals surface area contributed by atoms with Crippen LogP contribution in [0.25, 0.3) is 0 Å². The van der Waals surface area contributed by atoms with Crippen molar-refractivity contribution in [3.05, 3.63) is 59.7 Å². The van der Waals surface area contributed by atoms with Gasteiger partial charge in [0, 0.05) is 6.42 Å². The predicted octanol–water partition coefficient (Wildman–Crippen LogP) is 3.32. The van der Waals surface area contributed by atoms with Gasteiger partial charge in [0.2, 0.25) is 0 Å². The third kappa shape index (κ3) is 3.62. The maximum absolute atomic E-state index is 4.86. The molecule has 0 unspecified atom stereocenters. The molecule has 0 atom stereocenters. The van der Waals surface area contributed by atoms with Gasteiger partial charge in [0.15, 0.2) is 5.82 Å². The minimum Gasteiger partial charge on any atom is -0.246 e. The molecule has 1 aliphatic carbocycles. The molecule has 4 rings (SSSR count). The molecule has 1 saturated carbocycles. The molecule has 0 bridgehead atoms. The first kappa shape index (κ1) is 16.0. The minimum atomic E-state index is 0.477. The van der Waals surface area contributed by atoms with Crippen molar-refractivity contribution >= 4 is 0 Å². The predicted molar refractivity (Wildman–Crippen MR) is 95.3 cm³/mol. The number of aryl methyl sites for hydroxylation is 1. The molecule has 2 aromatic heterocycles. The van der Waals surface area contributed by atoms with Crippen molar-refractivity contribution in [1.29, 1.82) is 0 Å². The Morgan fingerprint density at radius 2 is 1.96 bits per heavy atom. The summed E-state index contributed by atoms with van der Waals surface area (Å²) in [6.07, 6.45) is 10.4. The fourth-order valence-electron chi connectivity index (χ4n) is 3.65. The largest absolute Gasteiger partial charge is 0.246 e. The van der Waals surface area contributed by atoms with Crippen molar-refractivity contribution in [2.45, 2.75) is 58.0 Å². The van der Waals surface area contributed by atoms with Crippen molar-refractivity contribution in [1.82, 2.24) is 29.5 Å². The van der Waals surface area contributed by atoms with Gasteiger partial charge in [-0.1, -0.05) is 43.5 Å². The summed E-state index contributed by atoms with van der Waals surface area (Å²) in [5.41, 5.74) is 2.62. The molecule has 0 saturated heterocycles. The maximum atomic E-state index is 4.86. The number of rotatable bonds is 5. The van der Waals surface area contributed by atoms with Crippen LogP contribution in [-0.4, -0.2) is 29.5 Å². The van der Waals surface area contributed by atoms with Crippen LogP contribution in [0.3, 0.4) is 0 Å². The van der Waals surface area contributed by atoms with Gasteiger partial charge >= 0.3 is 0 Å². The van der Waals surface area contributed by atoms with Crippen LogP contribution in [0, 0.1) is 6.92 Å². The van der Waals surface area contributed by atoms with E-state index in [2.05, 4.69) is 46.0 Å². The molecule has 25 heavy (non-hydrogen) atoms. The van der Waals surface area contributed by atoms with E-state index in [1.807, 2.05) is 0 Å². The highest BCUT2D eigenvalue weighted by atomic mass is 15.4. The Morgan fingerprint density at radius 3 is 2.72 bits per heavy atom. The maximum Gasteiger partial charge on any atom is 0.172 e. The lowest BCUT2D eigenvalue weighted by Crippen LogP contribution is -2.17. The van der Waals surface area contributed by atoms with E-state index < -0.39 is 0 Å². The lowest BCUT2D eigenvalue weighted by molar-refractivity contribution is 0.320. The second-order valence-corrected chi connectivity index (χ2v) is 6.88. The smallest absolute Gasteiger partial charge is 0.172 e. The zero-order valence-electron chi connectivity index (χ0n) is 14.7. The fourth-order valence-corrected chi connectivity index (χ4v) is 3.65. The number of nitrogens with zero attached hydrogens (tertiary/aromatic N) is 6. The highest BCUT2D eigenvalue weighted by molar-refractivity contribution is 5.28. The first-order chi connectivity index (χ1) is 12.3. The van der Waals surface area contributed by atoms with Crippen LogP contribution >= 0.6 is 0 Å². The number of benzene rings is 1. The highest BCUT2D eigenvalue weighted by Crippen LogP contribution is 2.29. The summed E-state index contributed by atoms with van der Waals surface area (Å²) in [7, 11) is 0. The van der Waals surface area contributed by atoms with Crippen LogP contribution in [0.15, 0.2) is 36.9 Å². The Morgan fingerprint density at radius 1 is 1.12 bits per heavy atom. The van der Waals surface area contributed by atoms with Crippen molar-refractivity contribution in [2.75, 3.05) is 0 Å². The molecule has 0 spiro atoms. The van der Waals surface area contributed by atoms with Crippen LogP contribution in [0.1, 0.15) is 60.9 Å². The van der Waals surface area contributed by atoms with Gasteiger partial charge in [-0.15, -0.1) is 0 Å². The van der Waals surface area contributed by atoms with E-state index >= 15 is 0 Å². The Balaban J connectivity index is 1.64. The van der Waals surface area contributed by atoms with E-state index in [1.165, 1.54) is 43.2 Å². The second kappa shape index (κ2) is 7.17. The lowest BCUT2D eigenvalue weighted by Gasteiger charge is -2.23. The normalized spacial score (nSPS) is 15.6. The zero-order chi connectivity index (χ0) is 17.1. The first-order valence-corrected chi connectivity index (χ1v) is 9.11. The van der Waals surface area contributed by atoms with Crippen LogP contribution < -0.4 is 0 Å². The van der Waals surface area contributed by atoms with Gasteiger partial charge in [0.25, 0.3) is 0 Å². The summed E-state index contributed by atoms with van der Waals surface area (Å²) in [4.78, 5) is 8.87. The van der Waals surface area contributed by atoms with Crippen LogP contribution in [0.5, 0.6) is 0 Å². The molecule has 0 aliphatic heterocycles. The summed E-state index contributed by atoms with van der Waals surface area (Å²) in [6.45, 7) is 2.73. The van der Waals surface area contributed by atoms with E-state index in [1.54, 1.807) is 17.3 Å². The van der Waals surface area contributed by atoms with Gasteiger partial charge in [-0.3, -0.25) is 0 Å². The van der Waals surface area contributed by atoms with Gasteiger partial charge in [-0.25, -0.2) is 19.3 Å².